The van der Waals surface area contributed by atoms with Crippen LogP contribution in [-0.4, -0.2) is 19.6 Å². The SMILES string of the molecule is COc1ccc(CNC(=O)C2CNNC2c2ccccc2)cc1. The predicted octanol–water partition coefficient (Wildman–Crippen LogP) is 1.78. The van der Waals surface area contributed by atoms with Gasteiger partial charge >= 0.3 is 0 Å². The Kier molecular flexibility index (Phi) is 4.90. The fraction of sp³-hybridized carbons (Fsp3) is 0.278. The van der Waals surface area contributed by atoms with Gasteiger partial charge in [-0.05, 0) is 23.3 Å². The quantitative estimate of drug-likeness (QED) is 0.788. The van der Waals surface area contributed by atoms with E-state index in [-0.39, 0.29) is 17.9 Å². The van der Waals surface area contributed by atoms with Crippen LogP contribution in [0.1, 0.15) is 17.2 Å². The van der Waals surface area contributed by atoms with E-state index in [0.29, 0.717) is 13.1 Å². The van der Waals surface area contributed by atoms with Gasteiger partial charge in [0.1, 0.15) is 5.75 Å². The molecule has 3 rings (SSSR count). The second-order valence-corrected chi connectivity index (χ2v) is 5.59. The first-order valence-corrected chi connectivity index (χ1v) is 7.72. The van der Waals surface area contributed by atoms with Crippen molar-refractivity contribution in [3.63, 3.8) is 0 Å². The number of nitrogens with one attached hydrogen (secondary N) is 3. The van der Waals surface area contributed by atoms with Crippen molar-refractivity contribution in [2.24, 2.45) is 5.92 Å². The molecular weight excluding hydrogens is 290 g/mol. The molecule has 1 aliphatic heterocycles. The summed E-state index contributed by atoms with van der Waals surface area (Å²) in [6, 6.07) is 17.7. The maximum atomic E-state index is 12.5. The third-order valence-corrected chi connectivity index (χ3v) is 4.10. The molecule has 2 aromatic carbocycles. The maximum absolute atomic E-state index is 12.5. The molecular formula is C18H21N3O2. The molecule has 0 spiro atoms. The van der Waals surface area contributed by atoms with E-state index in [1.807, 2.05) is 54.6 Å². The van der Waals surface area contributed by atoms with Crippen LogP contribution in [0.25, 0.3) is 0 Å². The zero-order valence-corrected chi connectivity index (χ0v) is 13.1. The van der Waals surface area contributed by atoms with Crippen LogP contribution in [-0.2, 0) is 11.3 Å². The Bertz CT molecular complexity index is 643. The minimum atomic E-state index is -0.129. The number of benzene rings is 2. The zero-order chi connectivity index (χ0) is 16.1. The summed E-state index contributed by atoms with van der Waals surface area (Å²) < 4.78 is 5.14. The smallest absolute Gasteiger partial charge is 0.226 e. The van der Waals surface area contributed by atoms with E-state index in [1.165, 1.54) is 0 Å². The van der Waals surface area contributed by atoms with Crippen LogP contribution in [0.4, 0.5) is 0 Å². The lowest BCUT2D eigenvalue weighted by atomic mass is 9.94. The van der Waals surface area contributed by atoms with Crippen molar-refractivity contribution in [1.82, 2.24) is 16.2 Å². The van der Waals surface area contributed by atoms with Crippen molar-refractivity contribution in [1.29, 1.82) is 0 Å². The van der Waals surface area contributed by atoms with Gasteiger partial charge in [-0.2, -0.15) is 0 Å². The summed E-state index contributed by atoms with van der Waals surface area (Å²) in [6.07, 6.45) is 0. The van der Waals surface area contributed by atoms with E-state index in [2.05, 4.69) is 16.2 Å². The van der Waals surface area contributed by atoms with E-state index in [1.54, 1.807) is 7.11 Å². The average Bonchev–Trinajstić information content (AvgIpc) is 3.11. The molecule has 0 aromatic heterocycles. The van der Waals surface area contributed by atoms with Crippen molar-refractivity contribution < 1.29 is 9.53 Å². The van der Waals surface area contributed by atoms with E-state index in [9.17, 15) is 4.79 Å². The van der Waals surface area contributed by atoms with Crippen molar-refractivity contribution >= 4 is 5.91 Å². The van der Waals surface area contributed by atoms with Gasteiger partial charge in [0.2, 0.25) is 5.91 Å². The van der Waals surface area contributed by atoms with E-state index in [0.717, 1.165) is 16.9 Å². The molecule has 1 aliphatic rings. The molecule has 2 unspecified atom stereocenters. The third-order valence-electron chi connectivity index (χ3n) is 4.10. The summed E-state index contributed by atoms with van der Waals surface area (Å²) in [4.78, 5) is 12.5. The number of hydrogen-bond acceptors (Lipinski definition) is 4. The molecule has 0 aliphatic carbocycles. The largest absolute Gasteiger partial charge is 0.497 e. The summed E-state index contributed by atoms with van der Waals surface area (Å²) in [5.41, 5.74) is 8.44. The number of amides is 1. The average molecular weight is 311 g/mol. The standard InChI is InChI=1S/C18H21N3O2/c1-23-15-9-7-13(8-10-15)11-19-18(22)16-12-20-21-17(16)14-5-3-2-4-6-14/h2-10,16-17,20-21H,11-12H2,1H3,(H,19,22). The van der Waals surface area contributed by atoms with Crippen molar-refractivity contribution in [3.8, 4) is 5.75 Å². The number of ether oxygens (including phenoxy) is 1. The second kappa shape index (κ2) is 7.26. The van der Waals surface area contributed by atoms with Crippen LogP contribution < -0.4 is 20.9 Å². The molecule has 0 radical (unpaired) electrons. The second-order valence-electron chi connectivity index (χ2n) is 5.59. The first-order valence-electron chi connectivity index (χ1n) is 7.72. The number of hydrazine groups is 1. The van der Waals surface area contributed by atoms with Crippen LogP contribution in [0.2, 0.25) is 0 Å². The van der Waals surface area contributed by atoms with Crippen molar-refractivity contribution in [3.05, 3.63) is 65.7 Å². The zero-order valence-electron chi connectivity index (χ0n) is 13.1. The van der Waals surface area contributed by atoms with Gasteiger partial charge in [-0.15, -0.1) is 0 Å². The van der Waals surface area contributed by atoms with Crippen molar-refractivity contribution in [2.75, 3.05) is 13.7 Å². The van der Waals surface area contributed by atoms with Crippen molar-refractivity contribution in [2.45, 2.75) is 12.6 Å². The number of rotatable bonds is 5. The van der Waals surface area contributed by atoms with Gasteiger partial charge in [0.25, 0.3) is 0 Å². The van der Waals surface area contributed by atoms with E-state index in [4.69, 9.17) is 4.74 Å². The highest BCUT2D eigenvalue weighted by Gasteiger charge is 2.33. The van der Waals surface area contributed by atoms with Gasteiger partial charge in [-0.25, -0.2) is 5.43 Å². The minimum Gasteiger partial charge on any atom is -0.497 e. The third kappa shape index (κ3) is 3.70. The number of hydrogen-bond donors (Lipinski definition) is 3. The Hall–Kier alpha value is -2.37. The molecule has 0 bridgehead atoms. The topological polar surface area (TPSA) is 62.4 Å². The summed E-state index contributed by atoms with van der Waals surface area (Å²) in [6.45, 7) is 1.13. The Labute approximate surface area is 136 Å². The Morgan fingerprint density at radius 1 is 1.17 bits per heavy atom. The summed E-state index contributed by atoms with van der Waals surface area (Å²) in [5, 5.41) is 3.02. The first-order chi connectivity index (χ1) is 11.3. The normalized spacial score (nSPS) is 20.2. The molecule has 0 saturated carbocycles. The Balaban J connectivity index is 1.60. The van der Waals surface area contributed by atoms with Crippen LogP contribution in [0, 0.1) is 5.92 Å². The molecule has 5 heteroatoms. The molecule has 5 nitrogen and oxygen atoms in total. The van der Waals surface area contributed by atoms with Gasteiger partial charge in [0, 0.05) is 13.1 Å². The predicted molar refractivity (Wildman–Crippen MR) is 88.7 cm³/mol. The molecule has 120 valence electrons. The molecule has 1 heterocycles. The van der Waals surface area contributed by atoms with Gasteiger partial charge in [0.15, 0.2) is 0 Å². The highest BCUT2D eigenvalue weighted by atomic mass is 16.5. The van der Waals surface area contributed by atoms with Gasteiger partial charge < -0.3 is 10.1 Å². The van der Waals surface area contributed by atoms with Gasteiger partial charge in [-0.3, -0.25) is 10.2 Å². The Morgan fingerprint density at radius 3 is 2.61 bits per heavy atom. The lowest BCUT2D eigenvalue weighted by Crippen LogP contribution is -2.34. The highest BCUT2D eigenvalue weighted by Crippen LogP contribution is 2.24. The van der Waals surface area contributed by atoms with E-state index >= 15 is 0 Å². The fourth-order valence-electron chi connectivity index (χ4n) is 2.78. The number of carbonyl (C=O) groups is 1. The van der Waals surface area contributed by atoms with Gasteiger partial charge in [-0.1, -0.05) is 42.5 Å². The van der Waals surface area contributed by atoms with Crippen LogP contribution in [0.5, 0.6) is 5.75 Å². The number of carbonyl (C=O) groups excluding carboxylic acids is 1. The summed E-state index contributed by atoms with van der Waals surface area (Å²) in [5.74, 6) is 0.733. The monoisotopic (exact) mass is 311 g/mol. The van der Waals surface area contributed by atoms with Gasteiger partial charge in [0.05, 0.1) is 19.1 Å². The molecule has 2 aromatic rings. The molecule has 1 fully saturated rings. The molecule has 1 saturated heterocycles. The maximum Gasteiger partial charge on any atom is 0.226 e. The lowest BCUT2D eigenvalue weighted by molar-refractivity contribution is -0.125. The molecule has 3 N–H and O–H groups in total. The highest BCUT2D eigenvalue weighted by molar-refractivity contribution is 5.80. The van der Waals surface area contributed by atoms with E-state index < -0.39 is 0 Å². The van der Waals surface area contributed by atoms with Crippen LogP contribution in [0.3, 0.4) is 0 Å². The Morgan fingerprint density at radius 2 is 1.91 bits per heavy atom. The molecule has 2 atom stereocenters. The molecule has 23 heavy (non-hydrogen) atoms. The summed E-state index contributed by atoms with van der Waals surface area (Å²) in [7, 11) is 1.64. The fourth-order valence-corrected chi connectivity index (χ4v) is 2.78. The summed E-state index contributed by atoms with van der Waals surface area (Å²) >= 11 is 0. The van der Waals surface area contributed by atoms with Crippen LogP contribution in [0.15, 0.2) is 54.6 Å². The minimum absolute atomic E-state index is 0.00735. The van der Waals surface area contributed by atoms with Crippen LogP contribution >= 0.6 is 0 Å². The molecule has 1 amide bonds. The lowest BCUT2D eigenvalue weighted by Gasteiger charge is -2.18. The number of methoxy groups -OCH3 is 1. The first kappa shape index (κ1) is 15.5.